The summed E-state index contributed by atoms with van der Waals surface area (Å²) in [6.07, 6.45) is 8.91. The Labute approximate surface area is 134 Å². The van der Waals surface area contributed by atoms with Crippen molar-refractivity contribution in [1.29, 1.82) is 0 Å². The van der Waals surface area contributed by atoms with Crippen LogP contribution >= 0.6 is 0 Å². The van der Waals surface area contributed by atoms with Gasteiger partial charge in [-0.3, -0.25) is 4.98 Å². The summed E-state index contributed by atoms with van der Waals surface area (Å²) >= 11 is 0. The van der Waals surface area contributed by atoms with Crippen molar-refractivity contribution in [2.45, 2.75) is 25.0 Å². The third-order valence-electron chi connectivity index (χ3n) is 5.34. The van der Waals surface area contributed by atoms with E-state index in [4.69, 9.17) is 0 Å². The summed E-state index contributed by atoms with van der Waals surface area (Å²) in [7, 11) is 0. The van der Waals surface area contributed by atoms with Gasteiger partial charge in [-0.2, -0.15) is 0 Å². The van der Waals surface area contributed by atoms with Gasteiger partial charge in [-0.25, -0.2) is 4.98 Å². The summed E-state index contributed by atoms with van der Waals surface area (Å²) in [6.45, 7) is 0. The maximum Gasteiger partial charge on any atom is 0.0956 e. The number of pyridine rings is 1. The predicted molar refractivity (Wildman–Crippen MR) is 86.8 cm³/mol. The summed E-state index contributed by atoms with van der Waals surface area (Å²) in [5.74, 6) is 0.142. The van der Waals surface area contributed by atoms with Crippen LogP contribution < -0.4 is 0 Å². The lowest BCUT2D eigenvalue weighted by Gasteiger charge is -2.35. The van der Waals surface area contributed by atoms with Gasteiger partial charge in [-0.1, -0.05) is 24.3 Å². The Morgan fingerprint density at radius 1 is 1.04 bits per heavy atom. The minimum atomic E-state index is -0.487. The largest absolute Gasteiger partial charge is 0.388 e. The van der Waals surface area contributed by atoms with Gasteiger partial charge in [0.15, 0.2) is 0 Å². The lowest BCUT2D eigenvalue weighted by atomic mass is 9.76. The second kappa shape index (κ2) is 4.77. The molecular weight excluding hydrogens is 286 g/mol. The van der Waals surface area contributed by atoms with Crippen molar-refractivity contribution in [3.63, 3.8) is 0 Å². The van der Waals surface area contributed by atoms with E-state index in [1.807, 2.05) is 31.0 Å². The van der Waals surface area contributed by atoms with Gasteiger partial charge < -0.3 is 9.67 Å². The smallest absolute Gasteiger partial charge is 0.0956 e. The maximum absolute atomic E-state index is 11.0. The first-order valence-electron chi connectivity index (χ1n) is 8.06. The molecule has 1 aliphatic heterocycles. The van der Waals surface area contributed by atoms with Crippen LogP contribution in [-0.4, -0.2) is 19.6 Å². The predicted octanol–water partition coefficient (Wildman–Crippen LogP) is 3.14. The quantitative estimate of drug-likeness (QED) is 0.751. The highest BCUT2D eigenvalue weighted by Crippen LogP contribution is 2.49. The monoisotopic (exact) mass is 303 g/mol. The first-order chi connectivity index (χ1) is 11.3. The molecule has 0 fully saturated rings. The van der Waals surface area contributed by atoms with Gasteiger partial charge in [-0.05, 0) is 30.0 Å². The molecule has 0 amide bonds. The molecule has 1 aliphatic carbocycles. The first-order valence-corrected chi connectivity index (χ1v) is 8.06. The van der Waals surface area contributed by atoms with Gasteiger partial charge in [0, 0.05) is 29.4 Å². The van der Waals surface area contributed by atoms with Crippen molar-refractivity contribution in [1.82, 2.24) is 14.5 Å². The van der Waals surface area contributed by atoms with E-state index in [0.717, 1.165) is 24.1 Å². The van der Waals surface area contributed by atoms with Gasteiger partial charge in [-0.15, -0.1) is 0 Å². The van der Waals surface area contributed by atoms with Crippen molar-refractivity contribution < 1.29 is 5.11 Å². The summed E-state index contributed by atoms with van der Waals surface area (Å²) in [5.41, 5.74) is 5.88. The number of aliphatic hydroxyl groups excluding tert-OH is 1. The maximum atomic E-state index is 11.0. The number of hydrogen-bond acceptors (Lipinski definition) is 3. The second-order valence-corrected chi connectivity index (χ2v) is 6.44. The van der Waals surface area contributed by atoms with E-state index >= 15 is 0 Å². The van der Waals surface area contributed by atoms with E-state index in [9.17, 15) is 5.11 Å². The molecule has 1 unspecified atom stereocenters. The molecule has 23 heavy (non-hydrogen) atoms. The molecule has 0 spiro atoms. The third-order valence-corrected chi connectivity index (χ3v) is 5.34. The molecule has 114 valence electrons. The number of aromatic nitrogens is 3. The van der Waals surface area contributed by atoms with Crippen molar-refractivity contribution >= 4 is 0 Å². The van der Waals surface area contributed by atoms with Gasteiger partial charge >= 0.3 is 0 Å². The molecule has 0 radical (unpaired) electrons. The summed E-state index contributed by atoms with van der Waals surface area (Å²) < 4.78 is 2.22. The van der Waals surface area contributed by atoms with Crippen molar-refractivity contribution in [3.05, 3.63) is 71.9 Å². The fourth-order valence-electron chi connectivity index (χ4n) is 4.28. The van der Waals surface area contributed by atoms with E-state index in [2.05, 4.69) is 38.8 Å². The minimum Gasteiger partial charge on any atom is -0.388 e. The normalized spacial score (nSPS) is 24.8. The van der Waals surface area contributed by atoms with Crippen LogP contribution in [0.4, 0.5) is 0 Å². The minimum absolute atomic E-state index is 0.142. The Morgan fingerprint density at radius 3 is 2.91 bits per heavy atom. The van der Waals surface area contributed by atoms with Gasteiger partial charge in [0.25, 0.3) is 0 Å². The van der Waals surface area contributed by atoms with Crippen LogP contribution in [0.25, 0.3) is 11.3 Å². The van der Waals surface area contributed by atoms with E-state index in [1.165, 1.54) is 16.7 Å². The Morgan fingerprint density at radius 2 is 1.96 bits per heavy atom. The zero-order chi connectivity index (χ0) is 15.4. The number of fused-ring (bicyclic) bond motifs is 4. The Hall–Kier alpha value is -2.46. The highest BCUT2D eigenvalue weighted by atomic mass is 16.3. The Bertz CT molecular complexity index is 886. The second-order valence-electron chi connectivity index (χ2n) is 6.44. The van der Waals surface area contributed by atoms with Crippen LogP contribution in [0.3, 0.4) is 0 Å². The van der Waals surface area contributed by atoms with Crippen molar-refractivity contribution in [2.24, 2.45) is 5.92 Å². The number of nitrogens with zero attached hydrogens (tertiary/aromatic N) is 3. The number of aryl methyl sites for hydroxylation is 1. The lowest BCUT2D eigenvalue weighted by Crippen LogP contribution is -2.28. The number of aliphatic hydroxyl groups is 1. The molecule has 1 N–H and O–H groups in total. The lowest BCUT2D eigenvalue weighted by molar-refractivity contribution is 0.0717. The highest BCUT2D eigenvalue weighted by molar-refractivity contribution is 5.69. The molecule has 0 bridgehead atoms. The average molecular weight is 303 g/mol. The molecule has 2 aliphatic rings. The van der Waals surface area contributed by atoms with E-state index < -0.39 is 6.10 Å². The third kappa shape index (κ3) is 1.75. The number of imidazole rings is 1. The topological polar surface area (TPSA) is 50.9 Å². The summed E-state index contributed by atoms with van der Waals surface area (Å²) in [6, 6.07) is 10.6. The Kier molecular flexibility index (Phi) is 2.70. The van der Waals surface area contributed by atoms with Crippen LogP contribution in [-0.2, 0) is 6.42 Å². The van der Waals surface area contributed by atoms with Gasteiger partial charge in [0.1, 0.15) is 0 Å². The van der Waals surface area contributed by atoms with E-state index in [-0.39, 0.29) is 12.0 Å². The molecule has 1 aromatic carbocycles. The van der Waals surface area contributed by atoms with E-state index in [0.29, 0.717) is 0 Å². The fourth-order valence-corrected chi connectivity index (χ4v) is 4.28. The van der Waals surface area contributed by atoms with Crippen LogP contribution in [0, 0.1) is 5.92 Å². The zero-order valence-electron chi connectivity index (χ0n) is 12.6. The zero-order valence-corrected chi connectivity index (χ0v) is 12.6. The summed E-state index contributed by atoms with van der Waals surface area (Å²) in [5, 5.41) is 11.0. The molecule has 4 heteroatoms. The van der Waals surface area contributed by atoms with Crippen LogP contribution in [0.2, 0.25) is 0 Å². The molecule has 3 heterocycles. The molecule has 5 rings (SSSR count). The van der Waals surface area contributed by atoms with Crippen LogP contribution in [0.5, 0.6) is 0 Å². The van der Waals surface area contributed by atoms with Crippen LogP contribution in [0.15, 0.2) is 55.2 Å². The SMILES string of the molecule is O[C@@H]1c2cnccc2CCC1[C@@H]1c2ccccc2-c2cncn21. The molecule has 0 saturated heterocycles. The van der Waals surface area contributed by atoms with Crippen LogP contribution in [0.1, 0.15) is 35.3 Å². The fraction of sp³-hybridized carbons (Fsp3) is 0.263. The molecule has 2 aromatic heterocycles. The molecule has 3 aromatic rings. The van der Waals surface area contributed by atoms with E-state index in [1.54, 1.807) is 0 Å². The molecule has 4 nitrogen and oxygen atoms in total. The van der Waals surface area contributed by atoms with Crippen molar-refractivity contribution in [3.8, 4) is 11.3 Å². The number of benzene rings is 1. The standard InChI is InChI=1S/C19H17N3O/c23-19-15(6-5-12-7-8-20-9-16(12)19)18-14-4-2-1-3-13(14)17-10-21-11-22(17)18/h1-4,7-11,15,18-19,23H,5-6H2/t15?,18-,19-/m0/s1. The number of rotatable bonds is 1. The van der Waals surface area contributed by atoms with Crippen molar-refractivity contribution in [2.75, 3.05) is 0 Å². The molecule has 0 saturated carbocycles. The average Bonchev–Trinajstić information content (AvgIpc) is 3.17. The Balaban J connectivity index is 1.64. The molecule has 3 atom stereocenters. The first kappa shape index (κ1) is 13.0. The van der Waals surface area contributed by atoms with Gasteiger partial charge in [0.05, 0.1) is 30.4 Å². The number of hydrogen-bond donors (Lipinski definition) is 1. The summed E-state index contributed by atoms with van der Waals surface area (Å²) in [4.78, 5) is 8.54. The van der Waals surface area contributed by atoms with Gasteiger partial charge in [0.2, 0.25) is 0 Å². The highest BCUT2D eigenvalue weighted by Gasteiger charge is 2.40. The molecular formula is C19H17N3O.